The van der Waals surface area contributed by atoms with Crippen LogP contribution >= 0.6 is 0 Å². The number of anilines is 1. The van der Waals surface area contributed by atoms with Crippen LogP contribution in [0.4, 0.5) is 5.82 Å². The molecular weight excluding hydrogens is 258 g/mol. The summed E-state index contributed by atoms with van der Waals surface area (Å²) >= 11 is 0. The van der Waals surface area contributed by atoms with E-state index in [2.05, 4.69) is 34.1 Å². The number of aromatic carboxylic acids is 1. The molecule has 2 aromatic rings. The summed E-state index contributed by atoms with van der Waals surface area (Å²) in [5.74, 6) is 0.0988. The predicted octanol–water partition coefficient (Wildman–Crippen LogP) is 1.61. The van der Waals surface area contributed by atoms with Crippen LogP contribution in [-0.2, 0) is 6.54 Å². The van der Waals surface area contributed by atoms with Gasteiger partial charge in [0.2, 0.25) is 0 Å². The molecule has 0 spiro atoms. The Hall–Kier alpha value is -2.44. The molecule has 0 saturated heterocycles. The van der Waals surface area contributed by atoms with Crippen molar-refractivity contribution >= 4 is 11.8 Å². The molecule has 2 aromatic heterocycles. The third kappa shape index (κ3) is 3.53. The summed E-state index contributed by atoms with van der Waals surface area (Å²) in [5, 5.41) is 12.0. The number of imidazole rings is 1. The van der Waals surface area contributed by atoms with E-state index in [4.69, 9.17) is 5.11 Å². The SMILES string of the molecule is CC(C)c1cc(NCCn2cnc(C(=O)O)c2)ncn1. The number of carbonyl (C=O) groups is 1. The Morgan fingerprint density at radius 2 is 2.20 bits per heavy atom. The van der Waals surface area contributed by atoms with Crippen molar-refractivity contribution in [2.24, 2.45) is 0 Å². The predicted molar refractivity (Wildman–Crippen MR) is 73.8 cm³/mol. The molecule has 2 N–H and O–H groups in total. The van der Waals surface area contributed by atoms with E-state index in [0.29, 0.717) is 19.0 Å². The molecule has 20 heavy (non-hydrogen) atoms. The van der Waals surface area contributed by atoms with Crippen molar-refractivity contribution in [3.63, 3.8) is 0 Å². The zero-order chi connectivity index (χ0) is 14.5. The molecule has 0 fully saturated rings. The summed E-state index contributed by atoms with van der Waals surface area (Å²) in [6.07, 6.45) is 4.55. The van der Waals surface area contributed by atoms with Gasteiger partial charge < -0.3 is 15.0 Å². The second kappa shape index (κ2) is 6.14. The van der Waals surface area contributed by atoms with Crippen LogP contribution in [0.1, 0.15) is 35.9 Å². The topological polar surface area (TPSA) is 92.9 Å². The quantitative estimate of drug-likeness (QED) is 0.832. The first-order chi connectivity index (χ1) is 9.56. The normalized spacial score (nSPS) is 10.8. The van der Waals surface area contributed by atoms with Gasteiger partial charge in [0.1, 0.15) is 12.1 Å². The van der Waals surface area contributed by atoms with Gasteiger partial charge in [-0.1, -0.05) is 13.8 Å². The molecule has 2 rings (SSSR count). The second-order valence-corrected chi connectivity index (χ2v) is 4.71. The molecule has 0 aliphatic heterocycles. The fourth-order valence-electron chi connectivity index (χ4n) is 1.69. The van der Waals surface area contributed by atoms with E-state index in [1.54, 1.807) is 4.57 Å². The Bertz CT molecular complexity index is 594. The molecule has 2 heterocycles. The van der Waals surface area contributed by atoms with Gasteiger partial charge in [0.15, 0.2) is 5.69 Å². The molecule has 7 heteroatoms. The molecule has 0 atom stereocenters. The lowest BCUT2D eigenvalue weighted by Crippen LogP contribution is -2.11. The van der Waals surface area contributed by atoms with E-state index in [0.717, 1.165) is 11.5 Å². The highest BCUT2D eigenvalue weighted by Gasteiger charge is 2.06. The van der Waals surface area contributed by atoms with Gasteiger partial charge in [-0.15, -0.1) is 0 Å². The maximum absolute atomic E-state index is 10.7. The summed E-state index contributed by atoms with van der Waals surface area (Å²) in [5.41, 5.74) is 1.03. The fraction of sp³-hybridized carbons (Fsp3) is 0.385. The minimum Gasteiger partial charge on any atom is -0.476 e. The standard InChI is InChI=1S/C13H17N5O2/c1-9(2)10-5-12(16-7-15-10)14-3-4-18-6-11(13(19)20)17-8-18/h5-9H,3-4H2,1-2H3,(H,19,20)(H,14,15,16). The summed E-state index contributed by atoms with van der Waals surface area (Å²) in [7, 11) is 0. The van der Waals surface area contributed by atoms with Crippen LogP contribution in [-0.4, -0.2) is 37.1 Å². The molecular formula is C13H17N5O2. The van der Waals surface area contributed by atoms with Crippen LogP contribution in [0.2, 0.25) is 0 Å². The Morgan fingerprint density at radius 3 is 2.85 bits per heavy atom. The van der Waals surface area contributed by atoms with Crippen LogP contribution in [0, 0.1) is 0 Å². The Labute approximate surface area is 116 Å². The van der Waals surface area contributed by atoms with Crippen molar-refractivity contribution in [2.45, 2.75) is 26.3 Å². The van der Waals surface area contributed by atoms with Crippen LogP contribution in [0.15, 0.2) is 24.9 Å². The molecule has 0 aliphatic rings. The number of nitrogens with one attached hydrogen (secondary N) is 1. The first-order valence-corrected chi connectivity index (χ1v) is 6.37. The van der Waals surface area contributed by atoms with Crippen LogP contribution in [0.3, 0.4) is 0 Å². The number of hydrogen-bond donors (Lipinski definition) is 2. The number of hydrogen-bond acceptors (Lipinski definition) is 5. The Morgan fingerprint density at radius 1 is 1.40 bits per heavy atom. The zero-order valence-corrected chi connectivity index (χ0v) is 11.4. The van der Waals surface area contributed by atoms with Crippen molar-refractivity contribution in [2.75, 3.05) is 11.9 Å². The molecule has 106 valence electrons. The Balaban J connectivity index is 1.89. The van der Waals surface area contributed by atoms with Crippen LogP contribution in [0.5, 0.6) is 0 Å². The highest BCUT2D eigenvalue weighted by molar-refractivity contribution is 5.84. The van der Waals surface area contributed by atoms with Gasteiger partial charge in [0.25, 0.3) is 0 Å². The minimum atomic E-state index is -1.02. The first-order valence-electron chi connectivity index (χ1n) is 6.37. The monoisotopic (exact) mass is 275 g/mol. The summed E-state index contributed by atoms with van der Waals surface area (Å²) < 4.78 is 1.72. The third-order valence-electron chi connectivity index (χ3n) is 2.81. The maximum Gasteiger partial charge on any atom is 0.356 e. The van der Waals surface area contributed by atoms with E-state index >= 15 is 0 Å². The third-order valence-corrected chi connectivity index (χ3v) is 2.81. The molecule has 0 radical (unpaired) electrons. The number of aromatic nitrogens is 4. The van der Waals surface area contributed by atoms with Gasteiger partial charge in [-0.3, -0.25) is 0 Å². The molecule has 0 saturated carbocycles. The van der Waals surface area contributed by atoms with Crippen molar-refractivity contribution < 1.29 is 9.90 Å². The number of carboxylic acid groups (broad SMARTS) is 1. The van der Waals surface area contributed by atoms with Crippen molar-refractivity contribution in [3.8, 4) is 0 Å². The van der Waals surface area contributed by atoms with Gasteiger partial charge in [0, 0.05) is 31.0 Å². The average molecular weight is 275 g/mol. The smallest absolute Gasteiger partial charge is 0.356 e. The highest BCUT2D eigenvalue weighted by Crippen LogP contribution is 2.13. The minimum absolute atomic E-state index is 0.0501. The molecule has 0 aromatic carbocycles. The van der Waals surface area contributed by atoms with Crippen LogP contribution < -0.4 is 5.32 Å². The number of carboxylic acids is 1. The molecule has 0 bridgehead atoms. The van der Waals surface area contributed by atoms with Crippen molar-refractivity contribution in [1.82, 2.24) is 19.5 Å². The van der Waals surface area contributed by atoms with Gasteiger partial charge in [-0.25, -0.2) is 19.7 Å². The lowest BCUT2D eigenvalue weighted by molar-refractivity contribution is 0.0691. The largest absolute Gasteiger partial charge is 0.476 e. The van der Waals surface area contributed by atoms with Gasteiger partial charge in [-0.05, 0) is 5.92 Å². The van der Waals surface area contributed by atoms with E-state index in [9.17, 15) is 4.79 Å². The number of nitrogens with zero attached hydrogens (tertiary/aromatic N) is 4. The molecule has 0 unspecified atom stereocenters. The van der Waals surface area contributed by atoms with Gasteiger partial charge in [0.05, 0.1) is 6.33 Å². The first kappa shape index (κ1) is 14.0. The molecule has 7 nitrogen and oxygen atoms in total. The van der Waals surface area contributed by atoms with Crippen molar-refractivity contribution in [1.29, 1.82) is 0 Å². The maximum atomic E-state index is 10.7. The number of rotatable bonds is 6. The molecule has 0 aliphatic carbocycles. The fourth-order valence-corrected chi connectivity index (χ4v) is 1.69. The highest BCUT2D eigenvalue weighted by atomic mass is 16.4. The van der Waals surface area contributed by atoms with Gasteiger partial charge in [-0.2, -0.15) is 0 Å². The lowest BCUT2D eigenvalue weighted by Gasteiger charge is -2.08. The summed E-state index contributed by atoms with van der Waals surface area (Å²) in [6.45, 7) is 5.39. The summed E-state index contributed by atoms with van der Waals surface area (Å²) in [6, 6.07) is 1.92. The second-order valence-electron chi connectivity index (χ2n) is 4.71. The zero-order valence-electron chi connectivity index (χ0n) is 11.4. The van der Waals surface area contributed by atoms with E-state index in [-0.39, 0.29) is 5.69 Å². The Kier molecular flexibility index (Phi) is 4.29. The van der Waals surface area contributed by atoms with E-state index in [1.165, 1.54) is 18.9 Å². The van der Waals surface area contributed by atoms with E-state index < -0.39 is 5.97 Å². The summed E-state index contributed by atoms with van der Waals surface area (Å²) in [4.78, 5) is 22.8. The van der Waals surface area contributed by atoms with Crippen molar-refractivity contribution in [3.05, 3.63) is 36.3 Å². The molecule has 0 amide bonds. The average Bonchev–Trinajstić information content (AvgIpc) is 2.88. The van der Waals surface area contributed by atoms with E-state index in [1.807, 2.05) is 6.07 Å². The van der Waals surface area contributed by atoms with Crippen LogP contribution in [0.25, 0.3) is 0 Å². The van der Waals surface area contributed by atoms with Gasteiger partial charge >= 0.3 is 5.97 Å². The lowest BCUT2D eigenvalue weighted by atomic mass is 10.1.